The predicted octanol–water partition coefficient (Wildman–Crippen LogP) is 5.98. The van der Waals surface area contributed by atoms with Gasteiger partial charge in [0.05, 0.1) is 6.61 Å². The number of nitrogens with zero attached hydrogens (tertiary/aromatic N) is 3. The largest absolute Gasteiger partial charge is 0.493 e. The van der Waals surface area contributed by atoms with Gasteiger partial charge in [-0.15, -0.1) is 10.2 Å². The number of thioether (sulfide) groups is 1. The van der Waals surface area contributed by atoms with Gasteiger partial charge in [0.2, 0.25) is 0 Å². The Hall–Kier alpha value is -3.05. The molecule has 0 unspecified atom stereocenters. The fourth-order valence-corrected chi connectivity index (χ4v) is 3.95. The average molecular weight is 416 g/mol. The summed E-state index contributed by atoms with van der Waals surface area (Å²) in [6.07, 6.45) is 1.02. The molecule has 1 heterocycles. The van der Waals surface area contributed by atoms with Gasteiger partial charge in [-0.1, -0.05) is 78.8 Å². The number of rotatable bonds is 8. The molecule has 0 aliphatic carbocycles. The van der Waals surface area contributed by atoms with E-state index in [9.17, 15) is 0 Å². The quantitative estimate of drug-likeness (QED) is 0.262. The van der Waals surface area contributed by atoms with Gasteiger partial charge in [-0.2, -0.15) is 0 Å². The summed E-state index contributed by atoms with van der Waals surface area (Å²) in [6, 6.07) is 26.9. The molecule has 4 nitrogen and oxygen atoms in total. The molecule has 0 atom stereocenters. The lowest BCUT2D eigenvalue weighted by molar-refractivity contribution is 0.344. The molecular weight excluding hydrogens is 390 g/mol. The highest BCUT2D eigenvalue weighted by atomic mass is 32.2. The molecule has 0 amide bonds. The van der Waals surface area contributed by atoms with Crippen LogP contribution in [-0.2, 0) is 6.42 Å². The lowest BCUT2D eigenvalue weighted by Gasteiger charge is -2.11. The highest BCUT2D eigenvalue weighted by molar-refractivity contribution is 7.99. The Morgan fingerprint density at radius 2 is 1.60 bits per heavy atom. The van der Waals surface area contributed by atoms with Crippen molar-refractivity contribution in [2.24, 2.45) is 0 Å². The van der Waals surface area contributed by atoms with E-state index in [4.69, 9.17) is 4.74 Å². The van der Waals surface area contributed by atoms with Crippen molar-refractivity contribution >= 4 is 11.8 Å². The van der Waals surface area contributed by atoms with Gasteiger partial charge >= 0.3 is 0 Å². The van der Waals surface area contributed by atoms with Crippen molar-refractivity contribution in [3.05, 3.63) is 90.0 Å². The number of hydrogen-bond acceptors (Lipinski definition) is 4. The predicted molar refractivity (Wildman–Crippen MR) is 124 cm³/mol. The summed E-state index contributed by atoms with van der Waals surface area (Å²) in [6.45, 7) is 4.85. The maximum Gasteiger partial charge on any atom is 0.196 e. The molecule has 0 saturated carbocycles. The smallest absolute Gasteiger partial charge is 0.196 e. The second kappa shape index (κ2) is 9.63. The molecule has 4 aromatic rings. The van der Waals surface area contributed by atoms with E-state index in [1.54, 1.807) is 11.8 Å². The van der Waals surface area contributed by atoms with Crippen molar-refractivity contribution < 1.29 is 4.74 Å². The van der Waals surface area contributed by atoms with Crippen LogP contribution in [0.5, 0.6) is 5.75 Å². The SMILES string of the molecule is CCc1ccc(-n2c(SCCOc3ccc(C)cc3)nnc2-c2ccccc2)cc1. The van der Waals surface area contributed by atoms with Gasteiger partial charge in [-0.05, 0) is 43.2 Å². The Morgan fingerprint density at radius 1 is 0.867 bits per heavy atom. The minimum Gasteiger partial charge on any atom is -0.493 e. The Bertz CT molecular complexity index is 1070. The zero-order valence-corrected chi connectivity index (χ0v) is 18.1. The summed E-state index contributed by atoms with van der Waals surface area (Å²) in [5.74, 6) is 2.53. The molecule has 30 heavy (non-hydrogen) atoms. The van der Waals surface area contributed by atoms with Crippen molar-refractivity contribution in [2.75, 3.05) is 12.4 Å². The van der Waals surface area contributed by atoms with E-state index in [1.807, 2.05) is 30.3 Å². The van der Waals surface area contributed by atoms with E-state index >= 15 is 0 Å². The lowest BCUT2D eigenvalue weighted by atomic mass is 10.1. The third-order valence-corrected chi connectivity index (χ3v) is 5.77. The topological polar surface area (TPSA) is 39.9 Å². The number of benzene rings is 3. The second-order valence-corrected chi connectivity index (χ2v) is 8.10. The second-order valence-electron chi connectivity index (χ2n) is 7.04. The van der Waals surface area contributed by atoms with E-state index in [2.05, 4.69) is 77.1 Å². The Balaban J connectivity index is 1.54. The van der Waals surface area contributed by atoms with Gasteiger partial charge in [-0.25, -0.2) is 0 Å². The van der Waals surface area contributed by atoms with Crippen LogP contribution in [0.4, 0.5) is 0 Å². The van der Waals surface area contributed by atoms with Crippen molar-refractivity contribution in [1.82, 2.24) is 14.8 Å². The molecule has 1 aromatic heterocycles. The van der Waals surface area contributed by atoms with Crippen LogP contribution in [0, 0.1) is 6.92 Å². The molecule has 0 radical (unpaired) electrons. The van der Waals surface area contributed by atoms with Gasteiger partial charge in [0.25, 0.3) is 0 Å². The van der Waals surface area contributed by atoms with Gasteiger partial charge in [-0.3, -0.25) is 4.57 Å². The fourth-order valence-electron chi connectivity index (χ4n) is 3.18. The van der Waals surface area contributed by atoms with Crippen LogP contribution in [0.15, 0.2) is 84.0 Å². The molecule has 0 N–H and O–H groups in total. The van der Waals surface area contributed by atoms with Crippen molar-refractivity contribution in [3.63, 3.8) is 0 Å². The summed E-state index contributed by atoms with van der Waals surface area (Å²) < 4.78 is 8.00. The van der Waals surface area contributed by atoms with Crippen LogP contribution in [0.3, 0.4) is 0 Å². The van der Waals surface area contributed by atoms with Gasteiger partial charge in [0.1, 0.15) is 5.75 Å². The van der Waals surface area contributed by atoms with Crippen LogP contribution >= 0.6 is 11.8 Å². The molecule has 0 aliphatic heterocycles. The van der Waals surface area contributed by atoms with E-state index in [1.165, 1.54) is 11.1 Å². The molecule has 0 spiro atoms. The van der Waals surface area contributed by atoms with Crippen molar-refractivity contribution in [3.8, 4) is 22.8 Å². The molecule has 0 bridgehead atoms. The number of aromatic nitrogens is 3. The Kier molecular flexibility index (Phi) is 6.50. The number of hydrogen-bond donors (Lipinski definition) is 0. The monoisotopic (exact) mass is 415 g/mol. The summed E-state index contributed by atoms with van der Waals surface area (Å²) in [7, 11) is 0. The molecular formula is C25H25N3OS. The maximum absolute atomic E-state index is 5.87. The Morgan fingerprint density at radius 3 is 2.30 bits per heavy atom. The van der Waals surface area contributed by atoms with Crippen LogP contribution in [0.25, 0.3) is 17.1 Å². The molecule has 0 fully saturated rings. The minimum atomic E-state index is 0.607. The molecule has 5 heteroatoms. The van der Waals surface area contributed by atoms with Crippen LogP contribution < -0.4 is 4.74 Å². The fraction of sp³-hybridized carbons (Fsp3) is 0.200. The summed E-state index contributed by atoms with van der Waals surface area (Å²) in [4.78, 5) is 0. The summed E-state index contributed by atoms with van der Waals surface area (Å²) in [5.41, 5.74) is 4.66. The molecule has 152 valence electrons. The standard InChI is InChI=1S/C25H25N3OS/c1-3-20-11-13-22(14-12-20)28-24(21-7-5-4-6-8-21)26-27-25(28)30-18-17-29-23-15-9-19(2)10-16-23/h4-16H,3,17-18H2,1-2H3. The molecule has 4 rings (SSSR count). The zero-order valence-electron chi connectivity index (χ0n) is 17.3. The van der Waals surface area contributed by atoms with Gasteiger partial charge in [0.15, 0.2) is 11.0 Å². The highest BCUT2D eigenvalue weighted by Gasteiger charge is 2.16. The van der Waals surface area contributed by atoms with Gasteiger partial charge < -0.3 is 4.74 Å². The normalized spacial score (nSPS) is 10.9. The molecule has 0 aliphatic rings. The first-order chi connectivity index (χ1) is 14.7. The van der Waals surface area contributed by atoms with Crippen molar-refractivity contribution in [1.29, 1.82) is 0 Å². The van der Waals surface area contributed by atoms with E-state index < -0.39 is 0 Å². The minimum absolute atomic E-state index is 0.607. The first kappa shape index (κ1) is 20.2. The van der Waals surface area contributed by atoms with E-state index in [-0.39, 0.29) is 0 Å². The van der Waals surface area contributed by atoms with Crippen molar-refractivity contribution in [2.45, 2.75) is 25.4 Å². The number of ether oxygens (including phenoxy) is 1. The summed E-state index contributed by atoms with van der Waals surface area (Å²) in [5, 5.41) is 9.86. The third kappa shape index (κ3) is 4.74. The molecule has 3 aromatic carbocycles. The first-order valence-corrected chi connectivity index (χ1v) is 11.2. The van der Waals surface area contributed by atoms with Crippen LogP contribution in [0.2, 0.25) is 0 Å². The molecule has 0 saturated heterocycles. The van der Waals surface area contributed by atoms with E-state index in [0.29, 0.717) is 6.61 Å². The Labute approximate surface area is 181 Å². The summed E-state index contributed by atoms with van der Waals surface area (Å²) >= 11 is 1.65. The average Bonchev–Trinajstić information content (AvgIpc) is 3.22. The van der Waals surface area contributed by atoms with Crippen LogP contribution in [-0.4, -0.2) is 27.1 Å². The zero-order chi connectivity index (χ0) is 20.8. The number of aryl methyl sites for hydroxylation is 2. The van der Waals surface area contributed by atoms with Crippen LogP contribution in [0.1, 0.15) is 18.1 Å². The highest BCUT2D eigenvalue weighted by Crippen LogP contribution is 2.28. The third-order valence-electron chi connectivity index (χ3n) is 4.87. The maximum atomic E-state index is 5.87. The lowest BCUT2D eigenvalue weighted by Crippen LogP contribution is -2.03. The van der Waals surface area contributed by atoms with E-state index in [0.717, 1.165) is 40.2 Å². The van der Waals surface area contributed by atoms with Gasteiger partial charge in [0, 0.05) is 17.0 Å². The first-order valence-electron chi connectivity index (χ1n) is 10.2.